The van der Waals surface area contributed by atoms with Crippen molar-refractivity contribution < 1.29 is 32.6 Å². The number of rotatable bonds is 10. The van der Waals surface area contributed by atoms with Gasteiger partial charge in [-0.05, 0) is 79.8 Å². The van der Waals surface area contributed by atoms with Crippen LogP contribution in [0.15, 0.2) is 59.5 Å². The lowest BCUT2D eigenvalue weighted by molar-refractivity contribution is -0.134. The van der Waals surface area contributed by atoms with Gasteiger partial charge in [0.15, 0.2) is 14.6 Å². The minimum absolute atomic E-state index is 0.0311. The summed E-state index contributed by atoms with van der Waals surface area (Å²) in [6.45, 7) is 0.584. The van der Waals surface area contributed by atoms with Crippen LogP contribution >= 0.6 is 0 Å². The molecule has 0 bridgehead atoms. The van der Waals surface area contributed by atoms with E-state index in [0.29, 0.717) is 30.8 Å². The van der Waals surface area contributed by atoms with Gasteiger partial charge in [-0.15, -0.1) is 0 Å². The van der Waals surface area contributed by atoms with Gasteiger partial charge in [0.1, 0.15) is 11.5 Å². The number of benzene rings is 2. The Hall–Kier alpha value is -3.39. The molecular weight excluding hydrogens is 472 g/mol. The summed E-state index contributed by atoms with van der Waals surface area (Å²) in [5, 5.41) is 18.6. The number of sulfone groups is 1. The zero-order valence-electron chi connectivity index (χ0n) is 19.4. The Morgan fingerprint density at radius 2 is 1.77 bits per heavy atom. The first-order valence-corrected chi connectivity index (χ1v) is 12.6. The normalized spacial score (nSPS) is 15.6. The molecule has 1 fully saturated rings. The highest BCUT2D eigenvalue weighted by atomic mass is 32.2. The third kappa shape index (κ3) is 5.82. The van der Waals surface area contributed by atoms with Crippen molar-refractivity contribution in [3.05, 3.63) is 60.2 Å². The van der Waals surface area contributed by atoms with E-state index in [1.165, 1.54) is 29.7 Å². The Balaban J connectivity index is 1.59. The number of carbonyl (C=O) groups is 1. The highest BCUT2D eigenvalue weighted by Gasteiger charge is 2.52. The van der Waals surface area contributed by atoms with Crippen molar-refractivity contribution in [3.8, 4) is 17.6 Å². The highest BCUT2D eigenvalue weighted by molar-refractivity contribution is 7.93. The first-order valence-electron chi connectivity index (χ1n) is 11.1. The number of hydroxylamine groups is 1. The maximum atomic E-state index is 13.3. The van der Waals surface area contributed by atoms with Crippen LogP contribution in [0.5, 0.6) is 11.5 Å². The fourth-order valence-electron chi connectivity index (χ4n) is 3.88. The molecular formula is C25H28N2O7S. The van der Waals surface area contributed by atoms with E-state index in [0.717, 1.165) is 11.3 Å². The summed E-state index contributed by atoms with van der Waals surface area (Å²) < 4.78 is 40.8. The van der Waals surface area contributed by atoms with Crippen molar-refractivity contribution in [3.63, 3.8) is 0 Å². The number of hydrogen-bond acceptors (Lipinski definition) is 8. The third-order valence-corrected chi connectivity index (χ3v) is 8.47. The zero-order valence-corrected chi connectivity index (χ0v) is 20.2. The zero-order chi connectivity index (χ0) is 25.3. The minimum atomic E-state index is -4.08. The Morgan fingerprint density at radius 3 is 2.34 bits per heavy atom. The molecule has 0 saturated carbocycles. The Morgan fingerprint density at radius 1 is 1.14 bits per heavy atom. The number of methoxy groups -OCH3 is 1. The van der Waals surface area contributed by atoms with Crippen LogP contribution in [-0.2, 0) is 19.4 Å². The molecule has 0 aliphatic carbocycles. The molecule has 0 unspecified atom stereocenters. The molecule has 2 N–H and O–H groups in total. The molecule has 0 aromatic heterocycles. The van der Waals surface area contributed by atoms with E-state index in [1.807, 2.05) is 18.2 Å². The first kappa shape index (κ1) is 26.2. The minimum Gasteiger partial charge on any atom is -0.497 e. The van der Waals surface area contributed by atoms with Crippen molar-refractivity contribution in [2.45, 2.75) is 35.3 Å². The van der Waals surface area contributed by atoms with Gasteiger partial charge >= 0.3 is 0 Å². The lowest BCUT2D eigenvalue weighted by Crippen LogP contribution is -2.54. The van der Waals surface area contributed by atoms with E-state index in [4.69, 9.17) is 19.4 Å². The van der Waals surface area contributed by atoms with Crippen molar-refractivity contribution in [1.82, 2.24) is 5.48 Å². The van der Waals surface area contributed by atoms with E-state index >= 15 is 0 Å². The highest BCUT2D eigenvalue weighted by Crippen LogP contribution is 2.35. The summed E-state index contributed by atoms with van der Waals surface area (Å²) in [5.41, 5.74) is 2.88. The van der Waals surface area contributed by atoms with Gasteiger partial charge in [0.05, 0.1) is 30.3 Å². The van der Waals surface area contributed by atoms with Gasteiger partial charge in [0.25, 0.3) is 5.91 Å². The van der Waals surface area contributed by atoms with Gasteiger partial charge in [-0.2, -0.15) is 5.26 Å². The van der Waals surface area contributed by atoms with E-state index in [2.05, 4.69) is 6.07 Å². The number of nitriles is 1. The van der Waals surface area contributed by atoms with Crippen molar-refractivity contribution in [1.29, 1.82) is 5.26 Å². The molecule has 1 aliphatic heterocycles. The molecule has 2 aromatic rings. The van der Waals surface area contributed by atoms with E-state index in [-0.39, 0.29) is 31.0 Å². The summed E-state index contributed by atoms with van der Waals surface area (Å²) >= 11 is 0. The van der Waals surface area contributed by atoms with Crippen LogP contribution in [0.3, 0.4) is 0 Å². The maximum absolute atomic E-state index is 13.3. The quantitative estimate of drug-likeness (QED) is 0.220. The van der Waals surface area contributed by atoms with Crippen LogP contribution in [-0.4, -0.2) is 51.2 Å². The van der Waals surface area contributed by atoms with Gasteiger partial charge in [0.2, 0.25) is 0 Å². The van der Waals surface area contributed by atoms with Crippen molar-refractivity contribution in [2.75, 3.05) is 26.9 Å². The number of allylic oxidation sites excluding steroid dienone is 2. The number of carbonyl (C=O) groups excluding carboxylic acids is 1. The molecule has 10 heteroatoms. The van der Waals surface area contributed by atoms with Crippen LogP contribution in [0.25, 0.3) is 5.57 Å². The number of hydrogen-bond donors (Lipinski definition) is 2. The fraction of sp³-hybridized carbons (Fsp3) is 0.360. The molecule has 0 atom stereocenters. The molecule has 186 valence electrons. The molecule has 9 nitrogen and oxygen atoms in total. The number of nitrogens with one attached hydrogen (secondary N) is 1. The molecule has 3 rings (SSSR count). The molecule has 1 saturated heterocycles. The van der Waals surface area contributed by atoms with Gasteiger partial charge in [-0.3, -0.25) is 10.0 Å². The van der Waals surface area contributed by atoms with Crippen LogP contribution in [0.2, 0.25) is 0 Å². The Bertz CT molecular complexity index is 1180. The summed E-state index contributed by atoms with van der Waals surface area (Å²) in [5.74, 6) is 0.245. The van der Waals surface area contributed by atoms with Gasteiger partial charge in [-0.25, -0.2) is 13.9 Å². The van der Waals surface area contributed by atoms with Crippen LogP contribution in [0, 0.1) is 11.3 Å². The number of amides is 1. The topological polar surface area (TPSA) is 135 Å². The largest absolute Gasteiger partial charge is 0.497 e. The smallest absolute Gasteiger partial charge is 0.265 e. The van der Waals surface area contributed by atoms with Crippen LogP contribution in [0.1, 0.15) is 31.2 Å². The van der Waals surface area contributed by atoms with Crippen molar-refractivity contribution >= 4 is 21.3 Å². The molecule has 1 heterocycles. The van der Waals surface area contributed by atoms with Crippen LogP contribution < -0.4 is 15.0 Å². The maximum Gasteiger partial charge on any atom is 0.265 e. The lowest BCUT2D eigenvalue weighted by atomic mass is 9.98. The standard InChI is InChI=1S/C25H28N2O7S/c1-32-21-7-5-19(6-8-21)20(18-26)4-2-3-15-34-22-9-11-23(12-10-22)35(30,31)25(24(28)27-29)13-16-33-17-14-25/h4-12,29H,2-3,13-17H2,1H3,(H,27,28)/b20-4+. The molecule has 1 amide bonds. The average molecular weight is 501 g/mol. The lowest BCUT2D eigenvalue weighted by Gasteiger charge is -2.34. The molecule has 0 radical (unpaired) electrons. The predicted molar refractivity (Wildman–Crippen MR) is 128 cm³/mol. The second-order valence-corrected chi connectivity index (χ2v) is 10.2. The molecule has 2 aromatic carbocycles. The SMILES string of the molecule is COc1ccc(/C(C#N)=C/CCCOc2ccc(S(=O)(=O)C3(C(=O)NO)CCOCC3)cc2)cc1. The fourth-order valence-corrected chi connectivity index (χ4v) is 5.82. The summed E-state index contributed by atoms with van der Waals surface area (Å²) in [4.78, 5) is 12.3. The second kappa shape index (κ2) is 11.8. The van der Waals surface area contributed by atoms with Gasteiger partial charge in [-0.1, -0.05) is 6.08 Å². The second-order valence-electron chi connectivity index (χ2n) is 7.97. The number of nitrogens with zero attached hydrogens (tertiary/aromatic N) is 1. The van der Waals surface area contributed by atoms with Crippen LogP contribution in [0.4, 0.5) is 0 Å². The summed E-state index contributed by atoms with van der Waals surface area (Å²) in [6, 6.07) is 15.3. The Kier molecular flexibility index (Phi) is 8.87. The first-order chi connectivity index (χ1) is 16.9. The molecule has 1 aliphatic rings. The average Bonchev–Trinajstić information content (AvgIpc) is 2.91. The summed E-state index contributed by atoms with van der Waals surface area (Å²) in [7, 11) is -2.49. The Labute approximate surface area is 204 Å². The van der Waals surface area contributed by atoms with E-state index in [1.54, 1.807) is 19.2 Å². The molecule has 35 heavy (non-hydrogen) atoms. The number of ether oxygens (including phenoxy) is 3. The molecule has 0 spiro atoms. The van der Waals surface area contributed by atoms with Crippen molar-refractivity contribution in [2.24, 2.45) is 0 Å². The van der Waals surface area contributed by atoms with Gasteiger partial charge < -0.3 is 14.2 Å². The third-order valence-electron chi connectivity index (χ3n) is 5.95. The van der Waals surface area contributed by atoms with Gasteiger partial charge in [0, 0.05) is 13.2 Å². The van der Waals surface area contributed by atoms with E-state index in [9.17, 15) is 18.5 Å². The predicted octanol–water partition coefficient (Wildman–Crippen LogP) is 3.29. The monoisotopic (exact) mass is 500 g/mol. The summed E-state index contributed by atoms with van der Waals surface area (Å²) in [6.07, 6.45) is 3.03. The van der Waals surface area contributed by atoms with E-state index < -0.39 is 20.5 Å². The number of unbranched alkanes of at least 4 members (excludes halogenated alkanes) is 1.